The molecule has 0 saturated heterocycles. The summed E-state index contributed by atoms with van der Waals surface area (Å²) in [6.07, 6.45) is 4.96. The Hall–Kier alpha value is -6.72. The van der Waals surface area contributed by atoms with E-state index in [1.807, 2.05) is 0 Å². The number of aromatic nitrogens is 4. The minimum absolute atomic E-state index is 0.0231. The zero-order valence-electron chi connectivity index (χ0n) is 34.8. The Morgan fingerprint density at radius 3 is 1.29 bits per heavy atom. The normalized spacial score (nSPS) is 13.2. The molecule has 9 rings (SSSR count). The van der Waals surface area contributed by atoms with Crippen LogP contribution in [0.1, 0.15) is 28.3 Å². The molecule has 5 heterocycles. The highest BCUT2D eigenvalue weighted by molar-refractivity contribution is 7.61. The molecule has 2 aliphatic rings. The summed E-state index contributed by atoms with van der Waals surface area (Å²) in [7, 11) is -20.4. The first-order valence-electron chi connectivity index (χ1n) is 19.9. The van der Waals surface area contributed by atoms with Gasteiger partial charge in [-0.2, -0.15) is 0 Å². The van der Waals surface area contributed by atoms with Gasteiger partial charge in [-0.1, -0.05) is 48.5 Å². The third-order valence-corrected chi connectivity index (χ3v) is 15.4. The monoisotopic (exact) mass is 994 g/mol. The minimum Gasteiger partial charge on any atom is -0.397 e. The Morgan fingerprint density at radius 2 is 0.824 bits per heavy atom. The van der Waals surface area contributed by atoms with Gasteiger partial charge in [0.1, 0.15) is 0 Å². The molecule has 346 valence electrons. The summed E-state index contributed by atoms with van der Waals surface area (Å²) in [5, 5.41) is -2.30. The number of hydrogen-bond donors (Lipinski definition) is 14. The number of anilines is 4. The Kier molecular flexibility index (Phi) is 11.3. The number of hydrogen-bond acceptors (Lipinski definition) is 10. The van der Waals surface area contributed by atoms with E-state index in [0.717, 1.165) is 24.3 Å². The van der Waals surface area contributed by atoms with Gasteiger partial charge in [0, 0.05) is 61.1 Å². The zero-order chi connectivity index (χ0) is 48.8. The van der Waals surface area contributed by atoms with Gasteiger partial charge in [0.2, 0.25) is 0 Å². The maximum atomic E-state index is 13.1. The van der Waals surface area contributed by atoms with Crippen molar-refractivity contribution in [2.24, 2.45) is 0 Å². The Balaban J connectivity index is 1.63. The standard InChI is InChI=1S/C44H38N8O12P4/c45-39-26(5-1-9-32(39)65(53,54)55)30-19-25-18-23-14-13-21(49-23)17-22-15-16-24(50-22)20-31-36(27-6-2-10-33(40(27)46)66(56,57)58)37(28-7-3-11-34(41(28)47)67(59,60)61)44(52-31)38(43(30)51-25)29-8-4-12-35(42(29)48)68(62,63)64/h1-20,49,52H,45-48H2,(H2,53,54,55)(H2,56,57,58)(H2,59,60,61)(H2,62,63,64). The van der Waals surface area contributed by atoms with Crippen LogP contribution in [-0.4, -0.2) is 59.1 Å². The number of nitrogens with two attached hydrogens (primary N) is 4. The van der Waals surface area contributed by atoms with Gasteiger partial charge in [0.15, 0.2) is 0 Å². The molecular weight excluding hydrogens is 956 g/mol. The summed E-state index contributed by atoms with van der Waals surface area (Å²) < 4.78 is 52.0. The highest BCUT2D eigenvalue weighted by Crippen LogP contribution is 2.52. The van der Waals surface area contributed by atoms with Crippen LogP contribution in [0.15, 0.2) is 103 Å². The second-order valence-corrected chi connectivity index (χ2v) is 22.0. The van der Waals surface area contributed by atoms with Crippen LogP contribution in [0, 0.1) is 0 Å². The van der Waals surface area contributed by atoms with Gasteiger partial charge in [0.25, 0.3) is 0 Å². The van der Waals surface area contributed by atoms with Crippen molar-refractivity contribution in [3.05, 3.63) is 131 Å². The van der Waals surface area contributed by atoms with Crippen LogP contribution in [0.2, 0.25) is 0 Å². The van der Waals surface area contributed by atoms with Crippen molar-refractivity contribution in [3.63, 3.8) is 0 Å². The van der Waals surface area contributed by atoms with Crippen molar-refractivity contribution in [1.82, 2.24) is 19.9 Å². The average molecular weight is 995 g/mol. The smallest absolute Gasteiger partial charge is 0.358 e. The molecule has 0 amide bonds. The molecule has 0 saturated carbocycles. The molecule has 2 aliphatic heterocycles. The van der Waals surface area contributed by atoms with Crippen molar-refractivity contribution in [1.29, 1.82) is 0 Å². The molecule has 0 spiro atoms. The number of nitrogen functional groups attached to an aromatic ring is 4. The second-order valence-electron chi connectivity index (χ2n) is 15.7. The topological polar surface area (TPSA) is 392 Å². The first kappa shape index (κ1) is 46.4. The fourth-order valence-corrected chi connectivity index (χ4v) is 11.2. The molecule has 24 heteroatoms. The summed E-state index contributed by atoms with van der Waals surface area (Å²) in [4.78, 5) is 101. The molecule has 18 N–H and O–H groups in total. The van der Waals surface area contributed by atoms with E-state index in [1.165, 1.54) is 48.5 Å². The Labute approximate surface area is 384 Å². The van der Waals surface area contributed by atoms with E-state index >= 15 is 0 Å². The molecule has 20 nitrogen and oxygen atoms in total. The number of fused-ring (bicyclic) bond motifs is 8. The quantitative estimate of drug-likeness (QED) is 0.0729. The van der Waals surface area contributed by atoms with Crippen LogP contribution in [-0.2, 0) is 18.3 Å². The van der Waals surface area contributed by atoms with Gasteiger partial charge in [-0.25, -0.2) is 9.97 Å². The van der Waals surface area contributed by atoms with Crippen LogP contribution >= 0.6 is 30.4 Å². The number of nitrogens with one attached hydrogen (secondary N) is 2. The van der Waals surface area contributed by atoms with Gasteiger partial charge in [-0.05, 0) is 72.8 Å². The van der Waals surface area contributed by atoms with Crippen LogP contribution in [0.25, 0.3) is 79.2 Å². The number of benzene rings is 4. The van der Waals surface area contributed by atoms with Crippen LogP contribution in [0.4, 0.5) is 22.7 Å². The molecule has 0 radical (unpaired) electrons. The lowest BCUT2D eigenvalue weighted by molar-refractivity contribution is 0.385. The van der Waals surface area contributed by atoms with Gasteiger partial charge in [-0.15, -0.1) is 0 Å². The lowest BCUT2D eigenvalue weighted by Crippen LogP contribution is -2.14. The fourth-order valence-electron chi connectivity index (χ4n) is 8.39. The van der Waals surface area contributed by atoms with Crippen molar-refractivity contribution in [3.8, 4) is 33.4 Å². The number of rotatable bonds is 8. The fraction of sp³-hybridized carbons (Fsp3) is 0. The predicted molar refractivity (Wildman–Crippen MR) is 264 cm³/mol. The Bertz CT molecular complexity index is 3770. The molecular formula is C44H38N8O12P4. The largest absolute Gasteiger partial charge is 0.397 e. The third kappa shape index (κ3) is 8.35. The van der Waals surface area contributed by atoms with Crippen molar-refractivity contribution in [2.75, 3.05) is 22.9 Å². The molecule has 4 aromatic carbocycles. The number of para-hydroxylation sites is 4. The zero-order valence-corrected chi connectivity index (χ0v) is 38.3. The highest BCUT2D eigenvalue weighted by Gasteiger charge is 2.33. The van der Waals surface area contributed by atoms with E-state index in [2.05, 4.69) is 9.97 Å². The molecule has 0 atom stereocenters. The lowest BCUT2D eigenvalue weighted by atomic mass is 9.89. The van der Waals surface area contributed by atoms with Crippen LogP contribution in [0.3, 0.4) is 0 Å². The molecule has 7 aromatic rings. The average Bonchev–Trinajstić information content (AvgIpc) is 4.05. The van der Waals surface area contributed by atoms with E-state index in [9.17, 15) is 57.4 Å². The predicted octanol–water partition coefficient (Wildman–Crippen LogP) is 4.62. The lowest BCUT2D eigenvalue weighted by Gasteiger charge is -2.19. The Morgan fingerprint density at radius 1 is 0.426 bits per heavy atom. The maximum Gasteiger partial charge on any atom is 0.358 e. The van der Waals surface area contributed by atoms with Gasteiger partial charge < -0.3 is 72.0 Å². The summed E-state index contributed by atoms with van der Waals surface area (Å²) in [6.45, 7) is 0. The molecule has 0 fully saturated rings. The first-order valence-corrected chi connectivity index (χ1v) is 26.3. The number of aromatic amines is 2. The van der Waals surface area contributed by atoms with Crippen molar-refractivity contribution >= 4 is 120 Å². The number of nitrogens with zero attached hydrogens (tertiary/aromatic N) is 2. The van der Waals surface area contributed by atoms with Crippen LogP contribution < -0.4 is 44.2 Å². The van der Waals surface area contributed by atoms with Crippen molar-refractivity contribution < 1.29 is 57.4 Å². The second kappa shape index (κ2) is 16.5. The molecule has 68 heavy (non-hydrogen) atoms. The maximum absolute atomic E-state index is 13.1. The van der Waals surface area contributed by atoms with Gasteiger partial charge >= 0.3 is 30.4 Å². The molecule has 0 aliphatic carbocycles. The number of H-pyrrole nitrogens is 2. The summed E-state index contributed by atoms with van der Waals surface area (Å²) in [5.41, 5.74) is 27.2. The van der Waals surface area contributed by atoms with Gasteiger partial charge in [0.05, 0.1) is 72.3 Å². The third-order valence-electron chi connectivity index (χ3n) is 11.3. The highest BCUT2D eigenvalue weighted by atomic mass is 31.2. The summed E-state index contributed by atoms with van der Waals surface area (Å²) in [5.74, 6) is 0. The molecule has 8 bridgehead atoms. The summed E-state index contributed by atoms with van der Waals surface area (Å²) >= 11 is 0. The van der Waals surface area contributed by atoms with E-state index in [4.69, 9.17) is 32.9 Å². The SMILES string of the molecule is Nc1c(C2=Cc3cc4ccc(cc5nc(cc6[nH]c(c(-c7cccc(P(=O)(O)O)c7N)c2n3)c(-c2cccc(P(=O)(O)O)c2N)c6-c2cccc(P(=O)(O)O)c2N)C=C5)[nH]4)cccc1P(=O)(O)O. The van der Waals surface area contributed by atoms with E-state index in [1.54, 1.807) is 48.6 Å². The molecule has 0 unspecified atom stereocenters. The minimum atomic E-state index is -5.16. The van der Waals surface area contributed by atoms with E-state index in [0.29, 0.717) is 22.4 Å². The van der Waals surface area contributed by atoms with Crippen LogP contribution in [0.5, 0.6) is 0 Å². The summed E-state index contributed by atoms with van der Waals surface area (Å²) in [6, 6.07) is 24.1. The first-order chi connectivity index (χ1) is 31.9. The molecule has 3 aromatic heterocycles. The van der Waals surface area contributed by atoms with Gasteiger partial charge in [-0.3, -0.25) is 18.3 Å². The van der Waals surface area contributed by atoms with Crippen molar-refractivity contribution in [2.45, 2.75) is 0 Å². The van der Waals surface area contributed by atoms with E-state index in [-0.39, 0.29) is 72.6 Å². The van der Waals surface area contributed by atoms with E-state index < -0.39 is 68.7 Å².